The van der Waals surface area contributed by atoms with Crippen molar-refractivity contribution in [2.45, 2.75) is 0 Å². The molecule has 0 bridgehead atoms. The second-order valence-electron chi connectivity index (χ2n) is 4.54. The molecule has 9 nitrogen and oxygen atoms in total. The molecule has 25 heavy (non-hydrogen) atoms. The van der Waals surface area contributed by atoms with Crippen LogP contribution in [0.3, 0.4) is 0 Å². The van der Waals surface area contributed by atoms with E-state index in [2.05, 4.69) is 20.3 Å². The number of benzene rings is 1. The summed E-state index contributed by atoms with van der Waals surface area (Å²) in [5.74, 6) is -1.88. The Balaban J connectivity index is 2.15. The Morgan fingerprint density at radius 3 is 2.68 bits per heavy atom. The average Bonchev–Trinajstić information content (AvgIpc) is 2.93. The molecule has 1 aliphatic rings. The molecule has 2 N–H and O–H groups in total. The number of aromatic carboxylic acids is 1. The monoisotopic (exact) mass is 363 g/mol. The fourth-order valence-electron chi connectivity index (χ4n) is 1.73. The minimum Gasteiger partial charge on any atom is -0.497 e. The Morgan fingerprint density at radius 2 is 2.04 bits per heavy atom. The summed E-state index contributed by atoms with van der Waals surface area (Å²) in [6.45, 7) is 0. The molecule has 1 aliphatic heterocycles. The number of carboxylic acids is 1. The van der Waals surface area contributed by atoms with Crippen molar-refractivity contribution in [3.63, 3.8) is 0 Å². The van der Waals surface area contributed by atoms with E-state index in [1.54, 1.807) is 6.07 Å². The Morgan fingerprint density at radius 1 is 1.28 bits per heavy atom. The van der Waals surface area contributed by atoms with Crippen molar-refractivity contribution in [2.75, 3.05) is 14.2 Å². The van der Waals surface area contributed by atoms with E-state index in [0.717, 1.165) is 17.8 Å². The number of carbonyl (C=O) groups excluding carboxylic acids is 2. The third-order valence-electron chi connectivity index (χ3n) is 2.87. The van der Waals surface area contributed by atoms with Crippen molar-refractivity contribution in [3.05, 3.63) is 40.3 Å². The Bertz CT molecular complexity index is 815. The van der Waals surface area contributed by atoms with Crippen LogP contribution < -0.4 is 10.1 Å². The van der Waals surface area contributed by atoms with Crippen LogP contribution >= 0.6 is 11.8 Å². The molecule has 130 valence electrons. The van der Waals surface area contributed by atoms with Gasteiger partial charge in [0.2, 0.25) is 0 Å². The van der Waals surface area contributed by atoms with Crippen LogP contribution in [0.15, 0.2) is 39.4 Å². The summed E-state index contributed by atoms with van der Waals surface area (Å²) >= 11 is 0.930. The predicted octanol–water partition coefficient (Wildman–Crippen LogP) is 1.00. The summed E-state index contributed by atoms with van der Waals surface area (Å²) in [4.78, 5) is 34.0. The highest BCUT2D eigenvalue weighted by Gasteiger charge is 2.24. The molecule has 10 heteroatoms. The van der Waals surface area contributed by atoms with Gasteiger partial charge in [-0.05, 0) is 35.5 Å². The first kappa shape index (κ1) is 18.2. The molecule has 1 aromatic carbocycles. The summed E-state index contributed by atoms with van der Waals surface area (Å²) in [5.41, 5.74) is 0.501. The number of hydrogen-bond acceptors (Lipinski definition) is 8. The van der Waals surface area contributed by atoms with E-state index in [0.29, 0.717) is 11.3 Å². The first-order valence-electron chi connectivity index (χ1n) is 6.75. The van der Waals surface area contributed by atoms with Crippen molar-refractivity contribution in [1.82, 2.24) is 5.32 Å². The average molecular weight is 363 g/mol. The smallest absolute Gasteiger partial charge is 0.335 e. The van der Waals surface area contributed by atoms with Gasteiger partial charge in [0.15, 0.2) is 5.17 Å². The molecule has 0 aliphatic carbocycles. The number of rotatable bonds is 5. The molecular weight excluding hydrogens is 350 g/mol. The lowest BCUT2D eigenvalue weighted by molar-refractivity contribution is -0.135. The summed E-state index contributed by atoms with van der Waals surface area (Å²) in [6.07, 6.45) is 2.37. The van der Waals surface area contributed by atoms with Crippen LogP contribution in [0, 0.1) is 0 Å². The molecule has 0 atom stereocenters. The highest BCUT2D eigenvalue weighted by atomic mass is 32.2. The molecule has 1 heterocycles. The lowest BCUT2D eigenvalue weighted by atomic mass is 10.1. The van der Waals surface area contributed by atoms with Crippen LogP contribution in [0.5, 0.6) is 5.75 Å². The third kappa shape index (κ3) is 4.91. The normalized spacial score (nSPS) is 17.1. The largest absolute Gasteiger partial charge is 0.497 e. The topological polar surface area (TPSA) is 127 Å². The standard InChI is InChI=1S/C15H13N3O6S/c1-23-10-4-8(3-9(5-10)14(21)22)7-16-18-15-17-13(20)11(25-15)6-12(19)24-2/h3-7H,1-2H3,(H,21,22)(H,17,18,20)/b11-6+,16-7?. The van der Waals surface area contributed by atoms with Crippen molar-refractivity contribution in [1.29, 1.82) is 0 Å². The van der Waals surface area contributed by atoms with Gasteiger partial charge in [0.05, 0.1) is 30.9 Å². The zero-order valence-corrected chi connectivity index (χ0v) is 14.0. The van der Waals surface area contributed by atoms with Gasteiger partial charge in [0, 0.05) is 6.08 Å². The SMILES string of the molecule is COC(=O)/C=C1/S/C(=N\N=Cc2cc(OC)cc(C(=O)O)c2)NC1=O. The lowest BCUT2D eigenvalue weighted by Gasteiger charge is -2.03. The van der Waals surface area contributed by atoms with E-state index in [4.69, 9.17) is 9.84 Å². The molecular formula is C15H13N3O6S. The van der Waals surface area contributed by atoms with Gasteiger partial charge in [-0.3, -0.25) is 10.1 Å². The van der Waals surface area contributed by atoms with Gasteiger partial charge in [0.25, 0.3) is 5.91 Å². The summed E-state index contributed by atoms with van der Waals surface area (Å²) in [6, 6.07) is 4.36. The molecule has 0 unspecified atom stereocenters. The number of methoxy groups -OCH3 is 2. The van der Waals surface area contributed by atoms with Gasteiger partial charge < -0.3 is 14.6 Å². The number of hydrogen-bond donors (Lipinski definition) is 2. The quantitative estimate of drug-likeness (QED) is 0.346. The zero-order chi connectivity index (χ0) is 18.4. The zero-order valence-electron chi connectivity index (χ0n) is 13.2. The third-order valence-corrected chi connectivity index (χ3v) is 3.77. The maximum Gasteiger partial charge on any atom is 0.335 e. The number of amidine groups is 1. The maximum absolute atomic E-state index is 11.6. The number of nitrogens with zero attached hydrogens (tertiary/aromatic N) is 2. The molecule has 1 fully saturated rings. The number of nitrogens with one attached hydrogen (secondary N) is 1. The molecule has 1 saturated heterocycles. The fourth-order valence-corrected chi connectivity index (χ4v) is 2.47. The molecule has 2 rings (SSSR count). The van der Waals surface area contributed by atoms with E-state index in [1.165, 1.54) is 32.6 Å². The summed E-state index contributed by atoms with van der Waals surface area (Å²) in [5, 5.41) is 19.3. The van der Waals surface area contributed by atoms with Gasteiger partial charge in [-0.25, -0.2) is 9.59 Å². The first-order valence-corrected chi connectivity index (χ1v) is 7.57. The molecule has 0 aromatic heterocycles. The van der Waals surface area contributed by atoms with Crippen molar-refractivity contribution < 1.29 is 29.0 Å². The van der Waals surface area contributed by atoms with Crippen LogP contribution in [0.4, 0.5) is 0 Å². The van der Waals surface area contributed by atoms with Crippen molar-refractivity contribution in [2.24, 2.45) is 10.2 Å². The lowest BCUT2D eigenvalue weighted by Crippen LogP contribution is -2.19. The second-order valence-corrected chi connectivity index (χ2v) is 5.57. The van der Waals surface area contributed by atoms with Crippen molar-refractivity contribution in [3.8, 4) is 5.75 Å². The maximum atomic E-state index is 11.6. The summed E-state index contributed by atoms with van der Waals surface area (Å²) in [7, 11) is 2.62. The number of carbonyl (C=O) groups is 3. The van der Waals surface area contributed by atoms with E-state index in [-0.39, 0.29) is 15.6 Å². The van der Waals surface area contributed by atoms with E-state index < -0.39 is 17.8 Å². The first-order chi connectivity index (χ1) is 11.9. The van der Waals surface area contributed by atoms with Gasteiger partial charge >= 0.3 is 11.9 Å². The number of esters is 1. The number of amides is 1. The van der Waals surface area contributed by atoms with Gasteiger partial charge in [-0.2, -0.15) is 5.10 Å². The fraction of sp³-hybridized carbons (Fsp3) is 0.133. The highest BCUT2D eigenvalue weighted by molar-refractivity contribution is 8.18. The highest BCUT2D eigenvalue weighted by Crippen LogP contribution is 2.23. The van der Waals surface area contributed by atoms with Crippen LogP contribution in [0.1, 0.15) is 15.9 Å². The van der Waals surface area contributed by atoms with E-state index in [1.807, 2.05) is 0 Å². The number of carboxylic acid groups (broad SMARTS) is 1. The van der Waals surface area contributed by atoms with Crippen LogP contribution in [-0.2, 0) is 14.3 Å². The number of thioether (sulfide) groups is 1. The molecule has 1 aromatic rings. The Kier molecular flexibility index (Phi) is 5.90. The minimum atomic E-state index is -1.10. The van der Waals surface area contributed by atoms with Crippen molar-refractivity contribution >= 4 is 41.0 Å². The van der Waals surface area contributed by atoms with E-state index in [9.17, 15) is 14.4 Å². The Hall–Kier alpha value is -3.14. The predicted molar refractivity (Wildman–Crippen MR) is 90.8 cm³/mol. The number of ether oxygens (including phenoxy) is 2. The molecule has 0 spiro atoms. The molecule has 0 radical (unpaired) electrons. The molecule has 1 amide bonds. The van der Waals surface area contributed by atoms with Gasteiger partial charge in [0.1, 0.15) is 5.75 Å². The van der Waals surface area contributed by atoms with Gasteiger partial charge in [-0.15, -0.1) is 5.10 Å². The molecule has 0 saturated carbocycles. The Labute approximate surface area is 146 Å². The van der Waals surface area contributed by atoms with E-state index >= 15 is 0 Å². The summed E-state index contributed by atoms with van der Waals surface area (Å²) < 4.78 is 9.48. The van der Waals surface area contributed by atoms with Gasteiger partial charge in [-0.1, -0.05) is 0 Å². The van der Waals surface area contributed by atoms with Crippen LogP contribution in [-0.4, -0.2) is 48.6 Å². The van der Waals surface area contributed by atoms with Crippen LogP contribution in [0.2, 0.25) is 0 Å². The second kappa shape index (κ2) is 8.11. The van der Waals surface area contributed by atoms with Crippen LogP contribution in [0.25, 0.3) is 0 Å². The minimum absolute atomic E-state index is 0.0419.